The number of ketones is 1. The van der Waals surface area contributed by atoms with E-state index < -0.39 is 97.6 Å². The molecule has 0 unspecified atom stereocenters. The lowest BCUT2D eigenvalue weighted by Crippen LogP contribution is -2.57. The molecule has 3 heterocycles. The summed E-state index contributed by atoms with van der Waals surface area (Å²) in [5.74, 6) is -3.18. The zero-order valence-electron chi connectivity index (χ0n) is 30.6. The topological polar surface area (TPSA) is 168 Å². The van der Waals surface area contributed by atoms with Gasteiger partial charge in [0.15, 0.2) is 15.6 Å². The Bertz CT molecular complexity index is 1820. The van der Waals surface area contributed by atoms with Crippen molar-refractivity contribution >= 4 is 39.6 Å². The number of nitrogens with zero attached hydrogens (tertiary/aromatic N) is 2. The third-order valence-electron chi connectivity index (χ3n) is 10.6. The maximum Gasteiger partial charge on any atom is 0.416 e. The molecule has 2 saturated carbocycles. The molecule has 1 saturated heterocycles. The Kier molecular flexibility index (Phi) is 10.9. The highest BCUT2D eigenvalue weighted by molar-refractivity contribution is 7.93. The number of amides is 4. The van der Waals surface area contributed by atoms with Gasteiger partial charge in [0.05, 0.1) is 17.4 Å². The van der Waals surface area contributed by atoms with E-state index >= 15 is 0 Å². The molecule has 54 heavy (non-hydrogen) atoms. The second-order valence-electron chi connectivity index (χ2n) is 16.1. The first kappa shape index (κ1) is 39.5. The molecule has 3 fully saturated rings. The van der Waals surface area contributed by atoms with Crippen LogP contribution in [0.1, 0.15) is 95.2 Å². The van der Waals surface area contributed by atoms with Gasteiger partial charge in [-0.25, -0.2) is 18.0 Å². The van der Waals surface area contributed by atoms with Crippen LogP contribution >= 0.6 is 0 Å². The lowest BCUT2D eigenvalue weighted by atomic mass is 10.0. The number of halogens is 3. The summed E-state index contributed by atoms with van der Waals surface area (Å²) >= 11 is 0. The van der Waals surface area contributed by atoms with Crippen LogP contribution in [0.3, 0.4) is 0 Å². The molecular formula is C37H47F3N4O9S. The van der Waals surface area contributed by atoms with E-state index in [1.807, 2.05) is 12.2 Å². The van der Waals surface area contributed by atoms with E-state index in [0.717, 1.165) is 18.6 Å². The number of allylic oxidation sites excluding steroid dienone is 1. The Morgan fingerprint density at radius 1 is 1.02 bits per heavy atom. The average Bonchev–Trinajstić information content (AvgIpc) is 3.95. The number of rotatable bonds is 6. The Morgan fingerprint density at radius 2 is 1.74 bits per heavy atom. The van der Waals surface area contributed by atoms with Gasteiger partial charge in [0.2, 0.25) is 11.8 Å². The number of benzene rings is 1. The van der Waals surface area contributed by atoms with Crippen LogP contribution in [-0.4, -0.2) is 94.9 Å². The molecule has 5 aliphatic rings. The number of carbonyl (C=O) groups excluding carboxylic acids is 5. The monoisotopic (exact) mass is 780 g/mol. The number of ether oxygens (including phenoxy) is 2. The lowest BCUT2D eigenvalue weighted by molar-refractivity contribution is -0.141. The first-order chi connectivity index (χ1) is 25.3. The maximum atomic E-state index is 14.3. The summed E-state index contributed by atoms with van der Waals surface area (Å²) in [5.41, 5.74) is -2.36. The molecule has 2 aliphatic carbocycles. The fourth-order valence-corrected chi connectivity index (χ4v) is 9.17. The van der Waals surface area contributed by atoms with Gasteiger partial charge in [0.1, 0.15) is 35.1 Å². The average molecular weight is 781 g/mol. The number of fused-ring (bicyclic) bond motifs is 3. The van der Waals surface area contributed by atoms with Crippen molar-refractivity contribution in [3.05, 3.63) is 47.0 Å². The minimum Gasteiger partial charge on any atom is -0.444 e. The number of alkyl halides is 3. The number of alkyl carbamates (subject to hydrolysis) is 1. The normalized spacial score (nSPS) is 28.4. The molecular weight excluding hydrogens is 733 g/mol. The fourth-order valence-electron chi connectivity index (χ4n) is 7.46. The van der Waals surface area contributed by atoms with Crippen LogP contribution in [0.15, 0.2) is 30.4 Å². The summed E-state index contributed by atoms with van der Waals surface area (Å²) < 4.78 is 76.9. The van der Waals surface area contributed by atoms with E-state index in [9.17, 15) is 45.6 Å². The fraction of sp³-hybridized carbons (Fsp3) is 0.649. The van der Waals surface area contributed by atoms with E-state index in [-0.39, 0.29) is 38.9 Å². The molecule has 6 rings (SSSR count). The summed E-state index contributed by atoms with van der Waals surface area (Å²) in [5, 5.41) is 4.87. The van der Waals surface area contributed by atoms with Gasteiger partial charge in [-0.2, -0.15) is 13.2 Å². The molecule has 3 aliphatic heterocycles. The molecule has 4 amide bonds. The van der Waals surface area contributed by atoms with E-state index in [1.165, 1.54) is 15.9 Å². The highest BCUT2D eigenvalue weighted by Crippen LogP contribution is 2.47. The Morgan fingerprint density at radius 3 is 2.43 bits per heavy atom. The van der Waals surface area contributed by atoms with Crippen molar-refractivity contribution in [2.75, 3.05) is 12.3 Å². The predicted octanol–water partition coefficient (Wildman–Crippen LogP) is 4.56. The first-order valence-electron chi connectivity index (χ1n) is 18.4. The van der Waals surface area contributed by atoms with Crippen molar-refractivity contribution in [2.45, 2.75) is 132 Å². The van der Waals surface area contributed by atoms with Gasteiger partial charge in [0.25, 0.3) is 0 Å². The molecule has 0 aromatic heterocycles. The minimum absolute atomic E-state index is 0.00321. The van der Waals surface area contributed by atoms with Gasteiger partial charge in [-0.1, -0.05) is 31.1 Å². The third-order valence-corrected chi connectivity index (χ3v) is 12.7. The van der Waals surface area contributed by atoms with Crippen LogP contribution in [0, 0.1) is 5.92 Å². The third kappa shape index (κ3) is 9.03. The smallest absolute Gasteiger partial charge is 0.416 e. The molecule has 0 radical (unpaired) electrons. The summed E-state index contributed by atoms with van der Waals surface area (Å²) in [4.78, 5) is 71.0. The van der Waals surface area contributed by atoms with Crippen LogP contribution in [-0.2, 0) is 53.0 Å². The summed E-state index contributed by atoms with van der Waals surface area (Å²) in [7, 11) is -3.71. The highest BCUT2D eigenvalue weighted by Gasteiger charge is 2.61. The first-order valence-corrected chi connectivity index (χ1v) is 20.2. The second kappa shape index (κ2) is 14.8. The Balaban J connectivity index is 1.24. The number of nitrogens with one attached hydrogen (secondary N) is 2. The van der Waals surface area contributed by atoms with Gasteiger partial charge in [0, 0.05) is 25.4 Å². The Labute approximate surface area is 312 Å². The molecule has 13 nitrogen and oxygen atoms in total. The van der Waals surface area contributed by atoms with Crippen LogP contribution in [0.4, 0.5) is 22.8 Å². The zero-order valence-corrected chi connectivity index (χ0v) is 31.4. The predicted molar refractivity (Wildman–Crippen MR) is 187 cm³/mol. The largest absolute Gasteiger partial charge is 0.444 e. The van der Waals surface area contributed by atoms with Gasteiger partial charge in [-0.3, -0.25) is 19.3 Å². The standard InChI is InChI=1S/C37H47F3N4O9S/c1-35(2,3)53-33(48)41-28-10-8-6-4-5-7-9-25-17-36(25,30(45)21-54(50,51)27-13-14-27)42-31(46)29-16-26(20-44(29)32(28)47)52-34(49)43-18-22-11-12-24(37(38,39)40)15-23(22)19-43/h7,9,11-12,15,25-29H,4-6,8,10,13-14,16-21H2,1-3H3,(H,41,48)(H,42,46)/b9-7-/t25-,26-,28+,29+,36-/m1/s1. The van der Waals surface area contributed by atoms with E-state index in [4.69, 9.17) is 9.47 Å². The second-order valence-corrected chi connectivity index (χ2v) is 18.3. The molecule has 1 aromatic carbocycles. The van der Waals surface area contributed by atoms with Crippen molar-refractivity contribution in [3.8, 4) is 0 Å². The van der Waals surface area contributed by atoms with E-state index in [0.29, 0.717) is 43.2 Å². The molecule has 0 bridgehead atoms. The van der Waals surface area contributed by atoms with Crippen molar-refractivity contribution in [3.63, 3.8) is 0 Å². The van der Waals surface area contributed by atoms with Gasteiger partial charge >= 0.3 is 18.4 Å². The van der Waals surface area contributed by atoms with Crippen molar-refractivity contribution in [1.82, 2.24) is 20.4 Å². The lowest BCUT2D eigenvalue weighted by Gasteiger charge is -2.30. The number of Topliss-reactive ketones (excluding diaryl/α,β-unsaturated/α-hetero) is 1. The number of carbonyl (C=O) groups is 5. The van der Waals surface area contributed by atoms with E-state index in [1.54, 1.807) is 20.8 Å². The number of hydrogen-bond acceptors (Lipinski definition) is 9. The minimum atomic E-state index is -4.56. The molecule has 1 aromatic rings. The molecule has 5 atom stereocenters. The highest BCUT2D eigenvalue weighted by atomic mass is 32.2. The van der Waals surface area contributed by atoms with Crippen molar-refractivity contribution in [2.24, 2.45) is 5.92 Å². The van der Waals surface area contributed by atoms with Crippen molar-refractivity contribution < 1.29 is 55.0 Å². The van der Waals surface area contributed by atoms with Gasteiger partial charge < -0.3 is 25.0 Å². The summed E-state index contributed by atoms with van der Waals surface area (Å²) in [6.07, 6.45) is 0.237. The molecule has 0 spiro atoms. The summed E-state index contributed by atoms with van der Waals surface area (Å²) in [6.45, 7) is 4.62. The zero-order chi connectivity index (χ0) is 39.2. The van der Waals surface area contributed by atoms with Crippen LogP contribution < -0.4 is 10.6 Å². The summed E-state index contributed by atoms with van der Waals surface area (Å²) in [6, 6.07) is 0.855. The van der Waals surface area contributed by atoms with Crippen LogP contribution in [0.25, 0.3) is 0 Å². The van der Waals surface area contributed by atoms with Crippen molar-refractivity contribution in [1.29, 1.82) is 0 Å². The quantitative estimate of drug-likeness (QED) is 0.394. The van der Waals surface area contributed by atoms with Gasteiger partial charge in [-0.05, 0) is 82.6 Å². The molecule has 296 valence electrons. The molecule has 17 heteroatoms. The number of sulfone groups is 1. The molecule has 2 N–H and O–H groups in total. The van der Waals surface area contributed by atoms with Gasteiger partial charge in [-0.15, -0.1) is 0 Å². The Hall–Kier alpha value is -4.15. The maximum absolute atomic E-state index is 14.3. The SMILES string of the molecule is CC(C)(C)OC(=O)N[C@H]1CCCCC/C=C\[C@@H]2C[C@@]2(C(=O)CS(=O)(=O)C2CC2)NC(=O)[C@@H]2C[C@@H](OC(=O)N3Cc4ccc(C(F)(F)F)cc4C3)CN2C1=O. The van der Waals surface area contributed by atoms with E-state index in [2.05, 4.69) is 10.6 Å². The number of hydrogen-bond donors (Lipinski definition) is 2. The van der Waals surface area contributed by atoms with Crippen LogP contribution in [0.5, 0.6) is 0 Å². The van der Waals surface area contributed by atoms with Crippen LogP contribution in [0.2, 0.25) is 0 Å².